The Morgan fingerprint density at radius 1 is 0.935 bits per heavy atom. The van der Waals surface area contributed by atoms with Gasteiger partial charge in [-0.3, -0.25) is 9.10 Å². The average molecular weight is 441 g/mol. The predicted octanol–water partition coefficient (Wildman–Crippen LogP) is 4.09. The second-order valence-electron chi connectivity index (χ2n) is 6.86. The van der Waals surface area contributed by atoms with Crippen molar-refractivity contribution >= 4 is 27.3 Å². The van der Waals surface area contributed by atoms with Crippen molar-refractivity contribution < 1.29 is 22.7 Å². The molecule has 0 saturated carbocycles. The summed E-state index contributed by atoms with van der Waals surface area (Å²) in [6, 6.07) is 18.1. The molecule has 0 spiro atoms. The first-order valence-electron chi connectivity index (χ1n) is 9.45. The largest absolute Gasteiger partial charge is 0.497 e. The first-order chi connectivity index (χ1) is 14.8. The lowest BCUT2D eigenvalue weighted by Gasteiger charge is -2.20. The summed E-state index contributed by atoms with van der Waals surface area (Å²) in [5.41, 5.74) is 2.17. The maximum atomic E-state index is 13.1. The molecule has 8 heteroatoms. The highest BCUT2D eigenvalue weighted by Crippen LogP contribution is 2.29. The molecule has 3 rings (SSSR count). The number of hydrogen-bond acceptors (Lipinski definition) is 5. The fourth-order valence-corrected chi connectivity index (χ4v) is 4.20. The van der Waals surface area contributed by atoms with E-state index in [1.165, 1.54) is 43.8 Å². The Kier molecular flexibility index (Phi) is 6.50. The van der Waals surface area contributed by atoms with Crippen LogP contribution in [0, 0.1) is 6.92 Å². The van der Waals surface area contributed by atoms with E-state index >= 15 is 0 Å². The van der Waals surface area contributed by atoms with Crippen LogP contribution in [0.2, 0.25) is 0 Å². The van der Waals surface area contributed by atoms with E-state index in [1.54, 1.807) is 36.4 Å². The van der Waals surface area contributed by atoms with E-state index in [0.717, 1.165) is 5.56 Å². The summed E-state index contributed by atoms with van der Waals surface area (Å²) in [6.45, 7) is 1.93. The number of nitrogens with zero attached hydrogens (tertiary/aromatic N) is 1. The lowest BCUT2D eigenvalue weighted by atomic mass is 10.2. The monoisotopic (exact) mass is 440 g/mol. The number of nitrogens with one attached hydrogen (secondary N) is 1. The second kappa shape index (κ2) is 9.09. The highest BCUT2D eigenvalue weighted by Gasteiger charge is 2.22. The minimum atomic E-state index is -3.85. The highest BCUT2D eigenvalue weighted by molar-refractivity contribution is 7.92. The first-order valence-corrected chi connectivity index (χ1v) is 10.9. The van der Waals surface area contributed by atoms with Gasteiger partial charge in [0.25, 0.3) is 15.9 Å². The molecule has 0 atom stereocenters. The maximum Gasteiger partial charge on any atom is 0.264 e. The Hall–Kier alpha value is -3.52. The Labute approximate surface area is 182 Å². The second-order valence-corrected chi connectivity index (χ2v) is 8.83. The van der Waals surface area contributed by atoms with Gasteiger partial charge in [0.15, 0.2) is 0 Å². The van der Waals surface area contributed by atoms with Gasteiger partial charge in [-0.2, -0.15) is 0 Å². The summed E-state index contributed by atoms with van der Waals surface area (Å²) in [7, 11) is 0.643. The third-order valence-electron chi connectivity index (χ3n) is 4.81. The molecule has 0 aliphatic carbocycles. The number of hydrogen-bond donors (Lipinski definition) is 1. The van der Waals surface area contributed by atoms with Crippen molar-refractivity contribution in [1.29, 1.82) is 0 Å². The molecule has 0 fully saturated rings. The van der Waals surface area contributed by atoms with E-state index in [0.29, 0.717) is 22.9 Å². The Bertz CT molecular complexity index is 1190. The molecule has 0 aliphatic rings. The van der Waals surface area contributed by atoms with Gasteiger partial charge < -0.3 is 14.8 Å². The molecule has 162 valence electrons. The van der Waals surface area contributed by atoms with Crippen LogP contribution >= 0.6 is 0 Å². The number of ether oxygens (including phenoxy) is 2. The number of amides is 1. The lowest BCUT2D eigenvalue weighted by molar-refractivity contribution is 0.102. The van der Waals surface area contributed by atoms with Crippen molar-refractivity contribution in [3.8, 4) is 11.5 Å². The number of aryl methyl sites for hydroxylation is 1. The van der Waals surface area contributed by atoms with E-state index in [9.17, 15) is 13.2 Å². The Morgan fingerprint density at radius 3 is 2.29 bits per heavy atom. The van der Waals surface area contributed by atoms with Crippen LogP contribution in [0.1, 0.15) is 15.9 Å². The van der Waals surface area contributed by atoms with Crippen LogP contribution in [0.5, 0.6) is 11.5 Å². The van der Waals surface area contributed by atoms with E-state index in [2.05, 4.69) is 5.32 Å². The number of methoxy groups -OCH3 is 2. The van der Waals surface area contributed by atoms with Crippen molar-refractivity contribution in [2.45, 2.75) is 11.8 Å². The molecule has 0 bridgehead atoms. The summed E-state index contributed by atoms with van der Waals surface area (Å²) in [5, 5.41) is 2.75. The minimum absolute atomic E-state index is 0.0147. The van der Waals surface area contributed by atoms with Gasteiger partial charge in [0.05, 0.1) is 30.5 Å². The smallest absolute Gasteiger partial charge is 0.264 e. The number of sulfonamides is 1. The first kappa shape index (κ1) is 22.2. The van der Waals surface area contributed by atoms with Crippen LogP contribution in [0.4, 0.5) is 11.4 Å². The molecule has 3 aromatic rings. The van der Waals surface area contributed by atoms with Crippen LogP contribution in [-0.2, 0) is 10.0 Å². The quantitative estimate of drug-likeness (QED) is 0.598. The minimum Gasteiger partial charge on any atom is -0.497 e. The van der Waals surface area contributed by atoms with Gasteiger partial charge in [-0.05, 0) is 49.4 Å². The number of carbonyl (C=O) groups is 1. The number of anilines is 2. The molecule has 7 nitrogen and oxygen atoms in total. The van der Waals surface area contributed by atoms with E-state index in [-0.39, 0.29) is 10.5 Å². The van der Waals surface area contributed by atoms with Crippen LogP contribution in [-0.4, -0.2) is 35.6 Å². The van der Waals surface area contributed by atoms with Gasteiger partial charge in [-0.25, -0.2) is 8.42 Å². The predicted molar refractivity (Wildman–Crippen MR) is 121 cm³/mol. The molecule has 0 aliphatic heterocycles. The fraction of sp³-hybridized carbons (Fsp3) is 0.174. The summed E-state index contributed by atoms with van der Waals surface area (Å²) in [6.07, 6.45) is 0. The van der Waals surface area contributed by atoms with E-state index < -0.39 is 15.9 Å². The van der Waals surface area contributed by atoms with Crippen LogP contribution in [0.25, 0.3) is 0 Å². The molecule has 3 aromatic carbocycles. The summed E-state index contributed by atoms with van der Waals surface area (Å²) < 4.78 is 37.8. The zero-order valence-corrected chi connectivity index (χ0v) is 18.6. The average Bonchev–Trinajstić information content (AvgIpc) is 2.79. The maximum absolute atomic E-state index is 13.1. The number of carbonyl (C=O) groups excluding carboxylic acids is 1. The normalized spacial score (nSPS) is 11.0. The zero-order valence-electron chi connectivity index (χ0n) is 17.7. The molecule has 0 unspecified atom stereocenters. The molecule has 0 saturated heterocycles. The molecular formula is C23H24N2O5S. The van der Waals surface area contributed by atoms with Crippen molar-refractivity contribution in [1.82, 2.24) is 0 Å². The van der Waals surface area contributed by atoms with Crippen LogP contribution in [0.3, 0.4) is 0 Å². The summed E-state index contributed by atoms with van der Waals surface area (Å²) in [5.74, 6) is 0.533. The summed E-state index contributed by atoms with van der Waals surface area (Å²) in [4.78, 5) is 12.8. The van der Waals surface area contributed by atoms with Crippen molar-refractivity contribution in [3.63, 3.8) is 0 Å². The highest BCUT2D eigenvalue weighted by atomic mass is 32.2. The van der Waals surface area contributed by atoms with Crippen molar-refractivity contribution in [3.05, 3.63) is 77.9 Å². The third-order valence-corrected chi connectivity index (χ3v) is 6.59. The number of benzene rings is 3. The van der Waals surface area contributed by atoms with Crippen molar-refractivity contribution in [2.24, 2.45) is 0 Å². The molecule has 0 radical (unpaired) electrons. The van der Waals surface area contributed by atoms with Crippen LogP contribution < -0.4 is 19.1 Å². The van der Waals surface area contributed by atoms with Gasteiger partial charge in [-0.1, -0.05) is 23.8 Å². The number of rotatable bonds is 7. The van der Waals surface area contributed by atoms with Gasteiger partial charge in [0.1, 0.15) is 11.5 Å². The van der Waals surface area contributed by atoms with Crippen LogP contribution in [0.15, 0.2) is 71.6 Å². The molecule has 31 heavy (non-hydrogen) atoms. The molecular weight excluding hydrogens is 416 g/mol. The van der Waals surface area contributed by atoms with Gasteiger partial charge >= 0.3 is 0 Å². The Morgan fingerprint density at radius 2 is 1.65 bits per heavy atom. The molecule has 1 amide bonds. The fourth-order valence-electron chi connectivity index (χ4n) is 2.96. The SMILES string of the molecule is COc1ccc(OC)c(NC(=O)c2cccc(S(=O)(=O)N(C)c3ccc(C)cc3)c2)c1. The Balaban J connectivity index is 1.89. The summed E-state index contributed by atoms with van der Waals surface area (Å²) >= 11 is 0. The molecule has 0 aromatic heterocycles. The topological polar surface area (TPSA) is 84.9 Å². The van der Waals surface area contributed by atoms with Crippen molar-refractivity contribution in [2.75, 3.05) is 30.9 Å². The molecule has 0 heterocycles. The zero-order chi connectivity index (χ0) is 22.6. The third kappa shape index (κ3) is 4.80. The standard InChI is InChI=1S/C23H24N2O5S/c1-16-8-10-18(11-9-16)25(2)31(27,28)20-7-5-6-17(14-20)23(26)24-21-15-19(29-3)12-13-22(21)30-4/h5-15H,1-4H3,(H,24,26). The lowest BCUT2D eigenvalue weighted by Crippen LogP contribution is -2.26. The molecule has 1 N–H and O–H groups in total. The van der Waals surface area contributed by atoms with E-state index in [1.807, 2.05) is 19.1 Å². The van der Waals surface area contributed by atoms with Gasteiger partial charge in [-0.15, -0.1) is 0 Å². The van der Waals surface area contributed by atoms with Gasteiger partial charge in [0, 0.05) is 18.7 Å². The van der Waals surface area contributed by atoms with Gasteiger partial charge in [0.2, 0.25) is 0 Å². The van der Waals surface area contributed by atoms with E-state index in [4.69, 9.17) is 9.47 Å².